The molecule has 2 N–H and O–H groups in total. The summed E-state index contributed by atoms with van der Waals surface area (Å²) < 4.78 is 7.25. The fourth-order valence-electron chi connectivity index (χ4n) is 3.33. The summed E-state index contributed by atoms with van der Waals surface area (Å²) >= 11 is 1.19. The van der Waals surface area contributed by atoms with Gasteiger partial charge in [0.1, 0.15) is 17.2 Å². The predicted molar refractivity (Wildman–Crippen MR) is 116 cm³/mol. The Morgan fingerprint density at radius 1 is 1.31 bits per heavy atom. The van der Waals surface area contributed by atoms with E-state index in [1.54, 1.807) is 24.3 Å². The normalized spacial score (nSPS) is 13.7. The molecule has 4 rings (SSSR count). The maximum Gasteiger partial charge on any atom is 0.298 e. The van der Waals surface area contributed by atoms with Crippen molar-refractivity contribution in [2.24, 2.45) is 0 Å². The highest BCUT2D eigenvalue weighted by atomic mass is 32.1. The quantitative estimate of drug-likeness (QED) is 0.516. The Morgan fingerprint density at radius 2 is 2.14 bits per heavy atom. The number of hydrogen-bond acceptors (Lipinski definition) is 7. The number of thiophene rings is 1. The molecule has 0 fully saturated rings. The summed E-state index contributed by atoms with van der Waals surface area (Å²) in [5, 5.41) is 0. The van der Waals surface area contributed by atoms with Crippen LogP contribution in [0, 0.1) is 0 Å². The molecule has 0 radical (unpaired) electrons. The number of ether oxygens (including phenoxy) is 1. The van der Waals surface area contributed by atoms with Gasteiger partial charge >= 0.3 is 0 Å². The van der Waals surface area contributed by atoms with E-state index in [0.29, 0.717) is 39.8 Å². The Balaban J connectivity index is 1.96. The molecule has 2 aromatic heterocycles. The molecule has 0 saturated heterocycles. The van der Waals surface area contributed by atoms with Crippen molar-refractivity contribution >= 4 is 39.5 Å². The maximum atomic E-state index is 12.8. The predicted octanol–water partition coefficient (Wildman–Crippen LogP) is 3.30. The zero-order valence-electron chi connectivity index (χ0n) is 15.5. The summed E-state index contributed by atoms with van der Waals surface area (Å²) in [4.78, 5) is 31.2. The van der Waals surface area contributed by atoms with Gasteiger partial charge in [0.2, 0.25) is 0 Å². The Morgan fingerprint density at radius 3 is 2.86 bits per heavy atom. The summed E-state index contributed by atoms with van der Waals surface area (Å²) in [6.45, 7) is 8.78. The molecule has 0 atom stereocenters. The van der Waals surface area contributed by atoms with Crippen molar-refractivity contribution in [2.75, 3.05) is 23.8 Å². The van der Waals surface area contributed by atoms with Gasteiger partial charge in [-0.1, -0.05) is 19.2 Å². The smallest absolute Gasteiger partial charge is 0.298 e. The lowest BCUT2D eigenvalue weighted by Crippen LogP contribution is -2.32. The van der Waals surface area contributed by atoms with Crippen LogP contribution in [0.3, 0.4) is 0 Å². The molecule has 0 unspecified atom stereocenters. The van der Waals surface area contributed by atoms with E-state index >= 15 is 0 Å². The summed E-state index contributed by atoms with van der Waals surface area (Å²) in [7, 11) is 0. The van der Waals surface area contributed by atoms with Gasteiger partial charge in [0.25, 0.3) is 5.56 Å². The van der Waals surface area contributed by atoms with E-state index in [-0.39, 0.29) is 5.82 Å². The third-order valence-electron chi connectivity index (χ3n) is 4.59. The minimum Gasteiger partial charge on any atom is -0.490 e. The topological polar surface area (TPSA) is 90.4 Å². The van der Waals surface area contributed by atoms with E-state index in [1.165, 1.54) is 15.9 Å². The van der Waals surface area contributed by atoms with Gasteiger partial charge in [0, 0.05) is 5.70 Å². The van der Waals surface area contributed by atoms with Crippen molar-refractivity contribution in [2.45, 2.75) is 0 Å². The fourth-order valence-corrected chi connectivity index (χ4v) is 4.17. The largest absolute Gasteiger partial charge is 0.490 e. The van der Waals surface area contributed by atoms with E-state index in [4.69, 9.17) is 10.5 Å². The molecule has 0 amide bonds. The van der Waals surface area contributed by atoms with Crippen molar-refractivity contribution in [1.82, 2.24) is 9.55 Å². The maximum absolute atomic E-state index is 12.8. The number of allylic oxidation sites excluding steroid dienone is 3. The number of aldehydes is 1. The van der Waals surface area contributed by atoms with Crippen LogP contribution in [0.2, 0.25) is 0 Å². The van der Waals surface area contributed by atoms with Crippen LogP contribution < -0.4 is 20.9 Å². The zero-order valence-corrected chi connectivity index (χ0v) is 16.3. The first kappa shape index (κ1) is 18.7. The highest BCUT2D eigenvalue weighted by Crippen LogP contribution is 2.36. The van der Waals surface area contributed by atoms with Crippen LogP contribution in [0.25, 0.3) is 16.0 Å². The van der Waals surface area contributed by atoms with Crippen LogP contribution in [0.4, 0.5) is 11.5 Å². The molecule has 1 aliphatic heterocycles. The molecule has 29 heavy (non-hydrogen) atoms. The molecule has 1 aliphatic rings. The first-order valence-electron chi connectivity index (χ1n) is 8.84. The monoisotopic (exact) mass is 406 g/mol. The lowest BCUT2D eigenvalue weighted by Gasteiger charge is -2.32. The van der Waals surface area contributed by atoms with Gasteiger partial charge in [-0.3, -0.25) is 14.2 Å². The van der Waals surface area contributed by atoms with E-state index < -0.39 is 5.56 Å². The van der Waals surface area contributed by atoms with Crippen LogP contribution >= 0.6 is 11.3 Å². The number of fused-ring (bicyclic) bond motifs is 2. The van der Waals surface area contributed by atoms with Gasteiger partial charge in [0.15, 0.2) is 12.1 Å². The fraction of sp³-hybridized carbons (Fsp3) is 0.0952. The first-order valence-corrected chi connectivity index (χ1v) is 9.66. The molecule has 7 nitrogen and oxygen atoms in total. The van der Waals surface area contributed by atoms with Crippen molar-refractivity contribution in [3.63, 3.8) is 0 Å². The molecule has 0 spiro atoms. The van der Waals surface area contributed by atoms with Crippen molar-refractivity contribution in [1.29, 1.82) is 0 Å². The van der Waals surface area contributed by atoms with E-state index in [2.05, 4.69) is 18.1 Å². The first-order chi connectivity index (χ1) is 14.1. The van der Waals surface area contributed by atoms with Crippen LogP contribution in [0.15, 0.2) is 66.1 Å². The van der Waals surface area contributed by atoms with Gasteiger partial charge in [-0.05, 0) is 36.4 Å². The number of nitrogens with two attached hydrogens (primary N) is 1. The second kappa shape index (κ2) is 7.40. The Labute approximate surface area is 170 Å². The number of anilines is 2. The molecule has 3 heterocycles. The SMILES string of the molecule is C=C/C=C(\C=C)N1CCOc2ccc(-n3c(=O)c(N)nc4sc(C=O)cc43)cc21. The van der Waals surface area contributed by atoms with Crippen molar-refractivity contribution < 1.29 is 9.53 Å². The Bertz CT molecular complexity index is 1240. The highest BCUT2D eigenvalue weighted by molar-refractivity contribution is 7.20. The van der Waals surface area contributed by atoms with E-state index in [1.807, 2.05) is 23.1 Å². The van der Waals surface area contributed by atoms with E-state index in [0.717, 1.165) is 17.7 Å². The minimum absolute atomic E-state index is 0.124. The minimum atomic E-state index is -0.443. The summed E-state index contributed by atoms with van der Waals surface area (Å²) in [5.41, 5.74) is 8.20. The average Bonchev–Trinajstić information content (AvgIpc) is 3.14. The molecule has 1 aromatic carbocycles. The second-order valence-corrected chi connectivity index (χ2v) is 7.34. The lowest BCUT2D eigenvalue weighted by atomic mass is 10.1. The van der Waals surface area contributed by atoms with Gasteiger partial charge in [-0.2, -0.15) is 0 Å². The molecule has 0 aliphatic carbocycles. The summed E-state index contributed by atoms with van der Waals surface area (Å²) in [6, 6.07) is 7.09. The number of nitrogen functional groups attached to an aromatic ring is 1. The average molecular weight is 406 g/mol. The third kappa shape index (κ3) is 3.13. The van der Waals surface area contributed by atoms with Crippen LogP contribution in [-0.4, -0.2) is 29.0 Å². The molecule has 8 heteroatoms. The van der Waals surface area contributed by atoms with Gasteiger partial charge in [-0.25, -0.2) is 4.98 Å². The summed E-state index contributed by atoms with van der Waals surface area (Å²) in [5.74, 6) is 0.572. The standard InChI is InChI=1S/C21H18N4O3S/c1-3-5-13(4-2)24-8-9-28-18-7-6-14(10-16(18)24)25-17-11-15(12-26)29-20(17)23-19(22)21(25)27/h3-7,10-12H,1-2,8-9H2,(H2,22,23)/b13-5+. The van der Waals surface area contributed by atoms with Crippen LogP contribution in [0.5, 0.6) is 5.75 Å². The highest BCUT2D eigenvalue weighted by Gasteiger charge is 2.22. The van der Waals surface area contributed by atoms with Crippen molar-refractivity contribution in [3.8, 4) is 11.4 Å². The Kier molecular flexibility index (Phi) is 4.77. The van der Waals surface area contributed by atoms with Crippen LogP contribution in [-0.2, 0) is 0 Å². The van der Waals surface area contributed by atoms with Gasteiger partial charge in [-0.15, -0.1) is 11.3 Å². The molecular formula is C21H18N4O3S. The van der Waals surface area contributed by atoms with E-state index in [9.17, 15) is 9.59 Å². The summed E-state index contributed by atoms with van der Waals surface area (Å²) in [6.07, 6.45) is 6.03. The number of carbonyl (C=O) groups excluding carboxylic acids is 1. The molecule has 0 bridgehead atoms. The van der Waals surface area contributed by atoms with Gasteiger partial charge < -0.3 is 15.4 Å². The van der Waals surface area contributed by atoms with Gasteiger partial charge in [0.05, 0.1) is 28.3 Å². The number of nitrogens with zero attached hydrogens (tertiary/aromatic N) is 3. The lowest BCUT2D eigenvalue weighted by molar-refractivity contribution is 0.112. The molecular weight excluding hydrogens is 388 g/mol. The molecule has 146 valence electrons. The number of carbonyl (C=O) groups is 1. The molecule has 0 saturated carbocycles. The number of benzene rings is 1. The number of rotatable bonds is 5. The Hall–Kier alpha value is -3.65. The number of aromatic nitrogens is 2. The van der Waals surface area contributed by atoms with Crippen molar-refractivity contribution in [3.05, 3.63) is 76.6 Å². The molecule has 3 aromatic rings. The van der Waals surface area contributed by atoms with Crippen LogP contribution in [0.1, 0.15) is 9.67 Å². The second-order valence-electron chi connectivity index (χ2n) is 6.28. The zero-order chi connectivity index (χ0) is 20.5. The number of hydrogen-bond donors (Lipinski definition) is 1. The third-order valence-corrected chi connectivity index (χ3v) is 5.53.